The van der Waals surface area contributed by atoms with E-state index >= 15 is 0 Å². The molecule has 1 atom stereocenters. The summed E-state index contributed by atoms with van der Waals surface area (Å²) >= 11 is 0. The summed E-state index contributed by atoms with van der Waals surface area (Å²) in [4.78, 5) is 11.5. The highest BCUT2D eigenvalue weighted by Crippen LogP contribution is 2.12. The lowest BCUT2D eigenvalue weighted by atomic mass is 10.0. The van der Waals surface area contributed by atoms with Gasteiger partial charge in [0, 0.05) is 19.0 Å². The molecule has 1 aromatic rings. The number of carbonyl (C=O) groups excluding carboxylic acids is 1. The zero-order valence-corrected chi connectivity index (χ0v) is 9.94. The highest BCUT2D eigenvalue weighted by atomic mass is 16.1. The summed E-state index contributed by atoms with van der Waals surface area (Å²) in [6.07, 6.45) is 0.344. The molecular weight excluding hydrogens is 200 g/mol. The van der Waals surface area contributed by atoms with Gasteiger partial charge in [0.25, 0.3) is 0 Å². The van der Waals surface area contributed by atoms with Crippen LogP contribution in [0.25, 0.3) is 0 Å². The number of hydrogen-bond donors (Lipinski definition) is 2. The van der Waals surface area contributed by atoms with E-state index in [0.717, 1.165) is 5.56 Å². The highest BCUT2D eigenvalue weighted by molar-refractivity contribution is 5.76. The Balaban J connectivity index is 2.40. The predicted octanol–water partition coefficient (Wildman–Crippen LogP) is 1.85. The van der Waals surface area contributed by atoms with Crippen LogP contribution in [0.1, 0.15) is 31.9 Å². The molecule has 0 aliphatic carbocycles. The number of carbonyl (C=O) groups is 1. The first-order valence-electron chi connectivity index (χ1n) is 5.67. The Morgan fingerprint density at radius 1 is 1.31 bits per heavy atom. The molecule has 0 saturated heterocycles. The zero-order chi connectivity index (χ0) is 12.0. The second-order valence-electron chi connectivity index (χ2n) is 4.42. The number of nitrogens with one attached hydrogen (secondary N) is 1. The Morgan fingerprint density at radius 2 is 1.94 bits per heavy atom. The van der Waals surface area contributed by atoms with Gasteiger partial charge in [-0.2, -0.15) is 0 Å². The second kappa shape index (κ2) is 6.28. The number of amides is 1. The summed E-state index contributed by atoms with van der Waals surface area (Å²) in [6.45, 7) is 4.84. The summed E-state index contributed by atoms with van der Waals surface area (Å²) in [5.41, 5.74) is 6.94. The standard InChI is InChI=1S/C13H20N2O/c1-10(2)9-15-13(16)8-12(14)11-6-4-3-5-7-11/h3-7,10,12H,8-9,14H2,1-2H3,(H,15,16)/t12-/m1/s1. The van der Waals surface area contributed by atoms with Crippen molar-refractivity contribution in [2.45, 2.75) is 26.3 Å². The average Bonchev–Trinajstić information content (AvgIpc) is 2.27. The summed E-state index contributed by atoms with van der Waals surface area (Å²) in [7, 11) is 0. The van der Waals surface area contributed by atoms with E-state index in [1.165, 1.54) is 0 Å². The van der Waals surface area contributed by atoms with Crippen molar-refractivity contribution in [2.75, 3.05) is 6.54 Å². The van der Waals surface area contributed by atoms with Gasteiger partial charge >= 0.3 is 0 Å². The van der Waals surface area contributed by atoms with Gasteiger partial charge in [0.15, 0.2) is 0 Å². The third-order valence-electron chi connectivity index (χ3n) is 2.34. The SMILES string of the molecule is CC(C)CNC(=O)C[C@@H](N)c1ccccc1. The maximum absolute atomic E-state index is 11.5. The molecule has 1 rings (SSSR count). The van der Waals surface area contributed by atoms with Crippen LogP contribution < -0.4 is 11.1 Å². The first kappa shape index (κ1) is 12.7. The van der Waals surface area contributed by atoms with Crippen LogP contribution in [0.15, 0.2) is 30.3 Å². The fraction of sp³-hybridized carbons (Fsp3) is 0.462. The van der Waals surface area contributed by atoms with E-state index in [9.17, 15) is 4.79 Å². The average molecular weight is 220 g/mol. The summed E-state index contributed by atoms with van der Waals surface area (Å²) in [5, 5.41) is 2.86. The molecule has 0 saturated carbocycles. The van der Waals surface area contributed by atoms with Crippen LogP contribution in [0.3, 0.4) is 0 Å². The van der Waals surface area contributed by atoms with Crippen molar-refractivity contribution < 1.29 is 4.79 Å². The molecular formula is C13H20N2O. The lowest BCUT2D eigenvalue weighted by Crippen LogP contribution is -2.30. The molecule has 0 heterocycles. The van der Waals surface area contributed by atoms with Crippen LogP contribution in [0, 0.1) is 5.92 Å². The van der Waals surface area contributed by atoms with Gasteiger partial charge in [0.1, 0.15) is 0 Å². The van der Waals surface area contributed by atoms with E-state index in [0.29, 0.717) is 18.9 Å². The van der Waals surface area contributed by atoms with E-state index in [2.05, 4.69) is 19.2 Å². The molecule has 0 aromatic heterocycles. The molecule has 0 radical (unpaired) electrons. The summed E-state index contributed by atoms with van der Waals surface area (Å²) in [6, 6.07) is 9.48. The van der Waals surface area contributed by atoms with Crippen molar-refractivity contribution in [2.24, 2.45) is 11.7 Å². The molecule has 16 heavy (non-hydrogen) atoms. The first-order chi connectivity index (χ1) is 7.59. The molecule has 0 aliphatic heterocycles. The minimum atomic E-state index is -0.214. The Kier molecular flexibility index (Phi) is 4.99. The highest BCUT2D eigenvalue weighted by Gasteiger charge is 2.10. The Hall–Kier alpha value is -1.35. The molecule has 0 unspecified atom stereocenters. The van der Waals surface area contributed by atoms with E-state index in [-0.39, 0.29) is 11.9 Å². The maximum atomic E-state index is 11.5. The minimum absolute atomic E-state index is 0.0186. The summed E-state index contributed by atoms with van der Waals surface area (Å²) in [5.74, 6) is 0.488. The van der Waals surface area contributed by atoms with Gasteiger partial charge in [-0.15, -0.1) is 0 Å². The minimum Gasteiger partial charge on any atom is -0.356 e. The largest absolute Gasteiger partial charge is 0.356 e. The van der Waals surface area contributed by atoms with Crippen molar-refractivity contribution >= 4 is 5.91 Å². The van der Waals surface area contributed by atoms with Crippen LogP contribution in [0.4, 0.5) is 0 Å². The summed E-state index contributed by atoms with van der Waals surface area (Å²) < 4.78 is 0. The van der Waals surface area contributed by atoms with E-state index in [4.69, 9.17) is 5.73 Å². The molecule has 1 amide bonds. The fourth-order valence-electron chi connectivity index (χ4n) is 1.41. The normalized spacial score (nSPS) is 12.5. The van der Waals surface area contributed by atoms with Gasteiger partial charge in [-0.3, -0.25) is 4.79 Å². The smallest absolute Gasteiger partial charge is 0.221 e. The van der Waals surface area contributed by atoms with Crippen LogP contribution in [0.2, 0.25) is 0 Å². The molecule has 3 heteroatoms. The van der Waals surface area contributed by atoms with Gasteiger partial charge in [0.05, 0.1) is 0 Å². The van der Waals surface area contributed by atoms with Crippen molar-refractivity contribution in [1.82, 2.24) is 5.32 Å². The lowest BCUT2D eigenvalue weighted by Gasteiger charge is -2.13. The monoisotopic (exact) mass is 220 g/mol. The van der Waals surface area contributed by atoms with E-state index in [1.807, 2.05) is 30.3 Å². The van der Waals surface area contributed by atoms with Gasteiger partial charge in [-0.1, -0.05) is 44.2 Å². The van der Waals surface area contributed by atoms with Gasteiger partial charge in [-0.25, -0.2) is 0 Å². The predicted molar refractivity (Wildman–Crippen MR) is 65.8 cm³/mol. The van der Waals surface area contributed by atoms with Crippen LogP contribution in [0.5, 0.6) is 0 Å². The number of hydrogen-bond acceptors (Lipinski definition) is 2. The molecule has 3 N–H and O–H groups in total. The van der Waals surface area contributed by atoms with Crippen molar-refractivity contribution in [3.8, 4) is 0 Å². The molecule has 3 nitrogen and oxygen atoms in total. The number of rotatable bonds is 5. The molecule has 88 valence electrons. The molecule has 0 fully saturated rings. The molecule has 0 spiro atoms. The van der Waals surface area contributed by atoms with Crippen LogP contribution >= 0.6 is 0 Å². The third-order valence-corrected chi connectivity index (χ3v) is 2.34. The Morgan fingerprint density at radius 3 is 2.50 bits per heavy atom. The Labute approximate surface area is 97.0 Å². The van der Waals surface area contributed by atoms with Crippen molar-refractivity contribution in [3.63, 3.8) is 0 Å². The van der Waals surface area contributed by atoms with Crippen LogP contribution in [-0.2, 0) is 4.79 Å². The van der Waals surface area contributed by atoms with Crippen molar-refractivity contribution in [3.05, 3.63) is 35.9 Å². The van der Waals surface area contributed by atoms with Crippen molar-refractivity contribution in [1.29, 1.82) is 0 Å². The lowest BCUT2D eigenvalue weighted by molar-refractivity contribution is -0.121. The fourth-order valence-corrected chi connectivity index (χ4v) is 1.41. The molecule has 0 aliphatic rings. The number of benzene rings is 1. The zero-order valence-electron chi connectivity index (χ0n) is 9.94. The first-order valence-corrected chi connectivity index (χ1v) is 5.67. The van der Waals surface area contributed by atoms with Gasteiger partial charge in [0.2, 0.25) is 5.91 Å². The topological polar surface area (TPSA) is 55.1 Å². The molecule has 0 bridgehead atoms. The maximum Gasteiger partial charge on any atom is 0.221 e. The van der Waals surface area contributed by atoms with E-state index < -0.39 is 0 Å². The Bertz CT molecular complexity index is 322. The van der Waals surface area contributed by atoms with Crippen LogP contribution in [-0.4, -0.2) is 12.5 Å². The van der Waals surface area contributed by atoms with Gasteiger partial charge in [-0.05, 0) is 11.5 Å². The third kappa shape index (κ3) is 4.45. The van der Waals surface area contributed by atoms with Gasteiger partial charge < -0.3 is 11.1 Å². The quantitative estimate of drug-likeness (QED) is 0.795. The number of nitrogens with two attached hydrogens (primary N) is 1. The van der Waals surface area contributed by atoms with E-state index in [1.54, 1.807) is 0 Å². The molecule has 1 aromatic carbocycles. The second-order valence-corrected chi connectivity index (χ2v) is 4.42.